The molecule has 3 atom stereocenters. The van der Waals surface area contributed by atoms with Crippen LogP contribution in [-0.2, 0) is 17.8 Å². The van der Waals surface area contributed by atoms with Crippen molar-refractivity contribution in [2.24, 2.45) is 11.8 Å². The zero-order valence-electron chi connectivity index (χ0n) is 19.6. The Balaban J connectivity index is 1.44. The van der Waals surface area contributed by atoms with Crippen molar-refractivity contribution in [1.82, 2.24) is 20.1 Å². The lowest BCUT2D eigenvalue weighted by Crippen LogP contribution is -2.40. The number of rotatable bonds is 9. The smallest absolute Gasteiger partial charge is 0.233 e. The van der Waals surface area contributed by atoms with Gasteiger partial charge in [0, 0.05) is 19.6 Å². The van der Waals surface area contributed by atoms with Gasteiger partial charge in [0.05, 0.1) is 18.1 Å². The number of benzene rings is 1. The third-order valence-electron chi connectivity index (χ3n) is 5.95. The molecule has 7 nitrogen and oxygen atoms in total. The van der Waals surface area contributed by atoms with Crippen molar-refractivity contribution in [2.75, 3.05) is 24.5 Å². The number of hydrogen-bond acceptors (Lipinski definition) is 6. The van der Waals surface area contributed by atoms with E-state index in [1.807, 2.05) is 37.3 Å². The summed E-state index contributed by atoms with van der Waals surface area (Å²) >= 11 is 1.44. The van der Waals surface area contributed by atoms with Gasteiger partial charge in [-0.05, 0) is 49.3 Å². The first-order chi connectivity index (χ1) is 16.0. The molecule has 0 saturated carbocycles. The van der Waals surface area contributed by atoms with E-state index in [0.29, 0.717) is 24.9 Å². The number of piperidine rings is 1. The van der Waals surface area contributed by atoms with Crippen LogP contribution in [0.4, 0.5) is 5.95 Å². The number of furan rings is 1. The van der Waals surface area contributed by atoms with Gasteiger partial charge in [-0.3, -0.25) is 9.36 Å². The van der Waals surface area contributed by atoms with Crippen molar-refractivity contribution >= 4 is 23.6 Å². The highest BCUT2D eigenvalue weighted by Crippen LogP contribution is 2.30. The lowest BCUT2D eigenvalue weighted by atomic mass is 9.92. The highest BCUT2D eigenvalue weighted by atomic mass is 32.2. The van der Waals surface area contributed by atoms with Gasteiger partial charge < -0.3 is 14.6 Å². The molecule has 3 unspecified atom stereocenters. The molecule has 1 aliphatic rings. The number of carbonyl (C=O) groups excluding carboxylic acids is 1. The Labute approximate surface area is 199 Å². The van der Waals surface area contributed by atoms with Gasteiger partial charge >= 0.3 is 0 Å². The Morgan fingerprint density at radius 1 is 1.15 bits per heavy atom. The van der Waals surface area contributed by atoms with Gasteiger partial charge in [-0.2, -0.15) is 0 Å². The maximum Gasteiger partial charge on any atom is 0.233 e. The number of nitrogens with one attached hydrogen (secondary N) is 1. The normalized spacial score (nSPS) is 19.4. The largest absolute Gasteiger partial charge is 0.467 e. The van der Waals surface area contributed by atoms with E-state index in [1.165, 1.54) is 23.7 Å². The van der Waals surface area contributed by atoms with Gasteiger partial charge in [-0.15, -0.1) is 10.2 Å². The highest BCUT2D eigenvalue weighted by molar-refractivity contribution is 8.00. The molecule has 0 radical (unpaired) electrons. The van der Waals surface area contributed by atoms with Crippen molar-refractivity contribution in [3.63, 3.8) is 0 Å². The van der Waals surface area contributed by atoms with E-state index in [1.54, 1.807) is 6.26 Å². The fraction of sp³-hybridized carbons (Fsp3) is 0.480. The van der Waals surface area contributed by atoms with Crippen LogP contribution in [0.2, 0.25) is 0 Å². The third kappa shape index (κ3) is 6.19. The monoisotopic (exact) mass is 467 g/mol. The van der Waals surface area contributed by atoms with E-state index in [4.69, 9.17) is 4.42 Å². The van der Waals surface area contributed by atoms with Crippen LogP contribution in [0.25, 0.3) is 0 Å². The second-order valence-electron chi connectivity index (χ2n) is 9.09. The number of anilines is 1. The van der Waals surface area contributed by atoms with Crippen molar-refractivity contribution < 1.29 is 9.21 Å². The summed E-state index contributed by atoms with van der Waals surface area (Å²) in [7, 11) is 0. The predicted octanol–water partition coefficient (Wildman–Crippen LogP) is 4.24. The lowest BCUT2D eigenvalue weighted by molar-refractivity contribution is -0.120. The molecular formula is C25H33N5O2S. The molecule has 0 aliphatic carbocycles. The molecule has 0 bridgehead atoms. The Hall–Kier alpha value is -2.74. The first kappa shape index (κ1) is 23.4. The van der Waals surface area contributed by atoms with Crippen LogP contribution in [0.1, 0.15) is 38.5 Å². The second-order valence-corrected chi connectivity index (χ2v) is 10.4. The average molecular weight is 468 g/mol. The van der Waals surface area contributed by atoms with Crippen LogP contribution in [0, 0.1) is 11.8 Å². The molecule has 1 aromatic carbocycles. The summed E-state index contributed by atoms with van der Waals surface area (Å²) in [4.78, 5) is 15.1. The van der Waals surface area contributed by atoms with E-state index < -0.39 is 0 Å². The third-order valence-corrected chi connectivity index (χ3v) is 7.03. The number of nitrogens with zero attached hydrogens (tertiary/aromatic N) is 4. The fourth-order valence-electron chi connectivity index (χ4n) is 4.46. The van der Waals surface area contributed by atoms with E-state index in [9.17, 15) is 4.79 Å². The van der Waals surface area contributed by atoms with E-state index in [2.05, 4.69) is 51.0 Å². The quantitative estimate of drug-likeness (QED) is 0.475. The summed E-state index contributed by atoms with van der Waals surface area (Å²) in [6.45, 7) is 9.56. The molecule has 33 heavy (non-hydrogen) atoms. The minimum Gasteiger partial charge on any atom is -0.467 e. The van der Waals surface area contributed by atoms with E-state index in [0.717, 1.165) is 36.4 Å². The molecular weight excluding hydrogens is 434 g/mol. The fourth-order valence-corrected chi connectivity index (χ4v) is 5.32. The van der Waals surface area contributed by atoms with Crippen LogP contribution in [0.5, 0.6) is 0 Å². The Kier molecular flexibility index (Phi) is 7.75. The zero-order valence-corrected chi connectivity index (χ0v) is 20.4. The molecule has 0 spiro atoms. The number of hydrogen-bond donors (Lipinski definition) is 1. The number of amides is 1. The van der Waals surface area contributed by atoms with Crippen LogP contribution in [-0.4, -0.2) is 45.6 Å². The first-order valence-corrected chi connectivity index (χ1v) is 12.6. The van der Waals surface area contributed by atoms with Gasteiger partial charge in [-0.25, -0.2) is 0 Å². The maximum atomic E-state index is 12.7. The number of carbonyl (C=O) groups is 1. The summed E-state index contributed by atoms with van der Waals surface area (Å²) in [5.41, 5.74) is 1.21. The molecule has 3 aromatic rings. The van der Waals surface area contributed by atoms with Crippen molar-refractivity contribution in [3.8, 4) is 0 Å². The van der Waals surface area contributed by atoms with Gasteiger partial charge in [0.2, 0.25) is 11.9 Å². The summed E-state index contributed by atoms with van der Waals surface area (Å²) in [6.07, 6.45) is 3.72. The molecule has 176 valence electrons. The maximum absolute atomic E-state index is 12.7. The standard InChI is InChI=1S/C25H33N5O2S/c1-18-14-19(2)16-29(15-18)24-27-28-25(30(24)17-22-10-7-13-32-22)33-20(3)23(31)26-12-11-21-8-5-4-6-9-21/h4-10,13,18-20H,11-12,14-17H2,1-3H3,(H,26,31). The zero-order chi connectivity index (χ0) is 23.2. The second kappa shape index (κ2) is 10.9. The summed E-state index contributed by atoms with van der Waals surface area (Å²) in [6, 6.07) is 14.0. The number of aromatic nitrogens is 3. The van der Waals surface area contributed by atoms with E-state index >= 15 is 0 Å². The Morgan fingerprint density at radius 3 is 2.61 bits per heavy atom. The summed E-state index contributed by atoms with van der Waals surface area (Å²) < 4.78 is 7.70. The van der Waals surface area contributed by atoms with Crippen LogP contribution >= 0.6 is 11.8 Å². The van der Waals surface area contributed by atoms with Gasteiger partial charge in [0.25, 0.3) is 0 Å². The lowest BCUT2D eigenvalue weighted by Gasteiger charge is -2.35. The topological polar surface area (TPSA) is 76.2 Å². The van der Waals surface area contributed by atoms with Gasteiger partial charge in [0.15, 0.2) is 5.16 Å². The first-order valence-electron chi connectivity index (χ1n) is 11.7. The van der Waals surface area contributed by atoms with Crippen molar-refractivity contribution in [2.45, 2.75) is 50.6 Å². The summed E-state index contributed by atoms with van der Waals surface area (Å²) in [5.74, 6) is 2.91. The molecule has 1 saturated heterocycles. The Morgan fingerprint density at radius 2 is 1.91 bits per heavy atom. The van der Waals surface area contributed by atoms with Gasteiger partial charge in [-0.1, -0.05) is 55.9 Å². The van der Waals surface area contributed by atoms with Gasteiger partial charge in [0.1, 0.15) is 5.76 Å². The minimum absolute atomic E-state index is 0.00486. The van der Waals surface area contributed by atoms with Crippen LogP contribution in [0.15, 0.2) is 58.3 Å². The highest BCUT2D eigenvalue weighted by Gasteiger charge is 2.28. The minimum atomic E-state index is -0.285. The molecule has 3 heterocycles. The van der Waals surface area contributed by atoms with Crippen LogP contribution in [0.3, 0.4) is 0 Å². The average Bonchev–Trinajstić information content (AvgIpc) is 3.44. The Bertz CT molecular complexity index is 1010. The van der Waals surface area contributed by atoms with Crippen molar-refractivity contribution in [1.29, 1.82) is 0 Å². The van der Waals surface area contributed by atoms with Crippen molar-refractivity contribution in [3.05, 3.63) is 60.1 Å². The van der Waals surface area contributed by atoms with E-state index in [-0.39, 0.29) is 11.2 Å². The molecule has 1 fully saturated rings. The molecule has 1 aliphatic heterocycles. The molecule has 2 aromatic heterocycles. The molecule has 4 rings (SSSR count). The number of thioether (sulfide) groups is 1. The molecule has 1 N–H and O–H groups in total. The van der Waals surface area contributed by atoms with Crippen LogP contribution < -0.4 is 10.2 Å². The SMILES string of the molecule is CC1CC(C)CN(c2nnc(SC(C)C(=O)NCCc3ccccc3)n2Cc2ccco2)C1. The molecule has 1 amide bonds. The molecule has 8 heteroatoms. The summed E-state index contributed by atoms with van der Waals surface area (Å²) in [5, 5.41) is 12.5. The predicted molar refractivity (Wildman–Crippen MR) is 131 cm³/mol.